The standard InChI is InChI=1S/C8H10Cl2N2O2S.ClH/c9-6-1-2-8(7(10)5-6)15(13,14)12-4-3-11;/h1-2,5,12H,3-4,11H2;1H. The lowest BCUT2D eigenvalue weighted by molar-refractivity contribution is 0.582. The molecule has 0 unspecified atom stereocenters. The van der Waals surface area contributed by atoms with Crippen LogP contribution in [0.3, 0.4) is 0 Å². The topological polar surface area (TPSA) is 72.2 Å². The van der Waals surface area contributed by atoms with Crippen LogP contribution >= 0.6 is 35.6 Å². The summed E-state index contributed by atoms with van der Waals surface area (Å²) in [7, 11) is -3.59. The van der Waals surface area contributed by atoms with Crippen molar-refractivity contribution in [1.29, 1.82) is 0 Å². The summed E-state index contributed by atoms with van der Waals surface area (Å²) < 4.78 is 25.6. The molecule has 0 saturated carbocycles. The maximum atomic E-state index is 11.6. The highest BCUT2D eigenvalue weighted by Gasteiger charge is 2.16. The van der Waals surface area contributed by atoms with E-state index >= 15 is 0 Å². The molecule has 8 heteroatoms. The number of halogens is 3. The number of rotatable bonds is 4. The zero-order valence-electron chi connectivity index (χ0n) is 8.11. The minimum absolute atomic E-state index is 0. The van der Waals surface area contributed by atoms with Crippen molar-refractivity contribution in [2.75, 3.05) is 13.1 Å². The lowest BCUT2D eigenvalue weighted by Crippen LogP contribution is -2.29. The van der Waals surface area contributed by atoms with Crippen LogP contribution in [0.5, 0.6) is 0 Å². The van der Waals surface area contributed by atoms with E-state index in [1.807, 2.05) is 0 Å². The average Bonchev–Trinajstić information content (AvgIpc) is 2.14. The Hall–Kier alpha value is -0.0400. The summed E-state index contributed by atoms with van der Waals surface area (Å²) >= 11 is 11.4. The number of sulfonamides is 1. The second-order valence-corrected chi connectivity index (χ2v) is 5.34. The van der Waals surface area contributed by atoms with E-state index in [4.69, 9.17) is 28.9 Å². The number of benzene rings is 1. The molecule has 3 N–H and O–H groups in total. The second-order valence-electron chi connectivity index (χ2n) is 2.76. The molecule has 0 aliphatic heterocycles. The molecule has 0 saturated heterocycles. The van der Waals surface area contributed by atoms with Gasteiger partial charge in [-0.15, -0.1) is 12.4 Å². The van der Waals surface area contributed by atoms with E-state index in [1.165, 1.54) is 18.2 Å². The van der Waals surface area contributed by atoms with Gasteiger partial charge in [0.15, 0.2) is 0 Å². The molecule has 16 heavy (non-hydrogen) atoms. The van der Waals surface area contributed by atoms with E-state index in [0.717, 1.165) is 0 Å². The first-order valence-corrected chi connectivity index (χ1v) is 6.36. The number of hydrogen-bond donors (Lipinski definition) is 2. The van der Waals surface area contributed by atoms with Crippen LogP contribution < -0.4 is 10.5 Å². The Bertz CT molecular complexity index is 451. The van der Waals surface area contributed by atoms with Gasteiger partial charge in [0, 0.05) is 18.1 Å². The van der Waals surface area contributed by atoms with Crippen molar-refractivity contribution in [3.05, 3.63) is 28.2 Å². The molecule has 0 atom stereocenters. The largest absolute Gasteiger partial charge is 0.329 e. The van der Waals surface area contributed by atoms with Gasteiger partial charge in [-0.05, 0) is 18.2 Å². The number of nitrogens with one attached hydrogen (secondary N) is 1. The molecule has 0 spiro atoms. The molecule has 1 rings (SSSR count). The number of nitrogens with two attached hydrogens (primary N) is 1. The van der Waals surface area contributed by atoms with Gasteiger partial charge in [-0.1, -0.05) is 23.2 Å². The Morgan fingerprint density at radius 3 is 2.44 bits per heavy atom. The van der Waals surface area contributed by atoms with Gasteiger partial charge < -0.3 is 5.73 Å². The number of hydrogen-bond acceptors (Lipinski definition) is 3. The molecule has 0 heterocycles. The molecular formula is C8H11Cl3N2O2S. The monoisotopic (exact) mass is 304 g/mol. The zero-order valence-corrected chi connectivity index (χ0v) is 11.3. The third kappa shape index (κ3) is 4.08. The summed E-state index contributed by atoms with van der Waals surface area (Å²) in [6, 6.07) is 4.19. The van der Waals surface area contributed by atoms with E-state index < -0.39 is 10.0 Å². The molecule has 92 valence electrons. The quantitative estimate of drug-likeness (QED) is 0.888. The van der Waals surface area contributed by atoms with E-state index in [0.29, 0.717) is 5.02 Å². The van der Waals surface area contributed by atoms with E-state index in [9.17, 15) is 8.42 Å². The molecule has 4 nitrogen and oxygen atoms in total. The van der Waals surface area contributed by atoms with Crippen LogP contribution in [-0.4, -0.2) is 21.5 Å². The Labute approximate surface area is 111 Å². The van der Waals surface area contributed by atoms with Gasteiger partial charge in [0.25, 0.3) is 0 Å². The first-order chi connectivity index (χ1) is 6.97. The van der Waals surface area contributed by atoms with Crippen molar-refractivity contribution in [3.63, 3.8) is 0 Å². The Morgan fingerprint density at radius 2 is 1.94 bits per heavy atom. The van der Waals surface area contributed by atoms with Gasteiger partial charge in [-0.25, -0.2) is 13.1 Å². The van der Waals surface area contributed by atoms with Crippen molar-refractivity contribution < 1.29 is 8.42 Å². The fourth-order valence-electron chi connectivity index (χ4n) is 0.964. The van der Waals surface area contributed by atoms with Crippen LogP contribution in [0.4, 0.5) is 0 Å². The lowest BCUT2D eigenvalue weighted by Gasteiger charge is -2.07. The maximum absolute atomic E-state index is 11.6. The molecule has 0 fully saturated rings. The van der Waals surface area contributed by atoms with Crippen LogP contribution in [-0.2, 0) is 10.0 Å². The lowest BCUT2D eigenvalue weighted by atomic mass is 10.4. The summed E-state index contributed by atoms with van der Waals surface area (Å²) in [6.45, 7) is 0.395. The summed E-state index contributed by atoms with van der Waals surface area (Å²) in [6.07, 6.45) is 0. The van der Waals surface area contributed by atoms with Crippen LogP contribution in [0.2, 0.25) is 10.0 Å². The smallest absolute Gasteiger partial charge is 0.242 e. The molecule has 0 bridgehead atoms. The van der Waals surface area contributed by atoms with E-state index in [2.05, 4.69) is 4.72 Å². The zero-order chi connectivity index (χ0) is 11.5. The average molecular weight is 306 g/mol. The molecule has 0 aliphatic rings. The minimum atomic E-state index is -3.59. The fraction of sp³-hybridized carbons (Fsp3) is 0.250. The van der Waals surface area contributed by atoms with Gasteiger partial charge in [0.1, 0.15) is 4.90 Å². The highest BCUT2D eigenvalue weighted by atomic mass is 35.5. The van der Waals surface area contributed by atoms with Gasteiger partial charge in [-0.3, -0.25) is 0 Å². The van der Waals surface area contributed by atoms with Gasteiger partial charge >= 0.3 is 0 Å². The van der Waals surface area contributed by atoms with Crippen molar-refractivity contribution in [2.24, 2.45) is 5.73 Å². The molecule has 0 radical (unpaired) electrons. The fourth-order valence-corrected chi connectivity index (χ4v) is 2.78. The predicted octanol–water partition coefficient (Wildman–Crippen LogP) is 1.65. The second kappa shape index (κ2) is 6.64. The third-order valence-corrected chi connectivity index (χ3v) is 3.80. The van der Waals surface area contributed by atoms with Crippen molar-refractivity contribution in [2.45, 2.75) is 4.90 Å². The summed E-state index contributed by atoms with van der Waals surface area (Å²) in [5.74, 6) is 0. The van der Waals surface area contributed by atoms with Crippen molar-refractivity contribution in [3.8, 4) is 0 Å². The van der Waals surface area contributed by atoms with E-state index in [-0.39, 0.29) is 35.4 Å². The first-order valence-electron chi connectivity index (χ1n) is 4.12. The van der Waals surface area contributed by atoms with Crippen LogP contribution in [0, 0.1) is 0 Å². The maximum Gasteiger partial charge on any atom is 0.242 e. The molecule has 0 aromatic heterocycles. The predicted molar refractivity (Wildman–Crippen MR) is 68.0 cm³/mol. The van der Waals surface area contributed by atoms with Gasteiger partial charge in [0.2, 0.25) is 10.0 Å². The molecule has 0 aliphatic carbocycles. The molecule has 1 aromatic rings. The van der Waals surface area contributed by atoms with Crippen LogP contribution in [0.1, 0.15) is 0 Å². The first kappa shape index (κ1) is 16.0. The van der Waals surface area contributed by atoms with Gasteiger partial charge in [0.05, 0.1) is 5.02 Å². The SMILES string of the molecule is Cl.NCCNS(=O)(=O)c1ccc(Cl)cc1Cl. The van der Waals surface area contributed by atoms with Crippen LogP contribution in [0.25, 0.3) is 0 Å². The summed E-state index contributed by atoms with van der Waals surface area (Å²) in [5.41, 5.74) is 5.19. The van der Waals surface area contributed by atoms with Crippen LogP contribution in [0.15, 0.2) is 23.1 Å². The molecule has 1 aromatic carbocycles. The van der Waals surface area contributed by atoms with Crippen molar-refractivity contribution in [1.82, 2.24) is 4.72 Å². The molecular weight excluding hydrogens is 295 g/mol. The normalized spacial score (nSPS) is 10.9. The Morgan fingerprint density at radius 1 is 1.31 bits per heavy atom. The minimum Gasteiger partial charge on any atom is -0.329 e. The Balaban J connectivity index is 0.00000225. The third-order valence-electron chi connectivity index (χ3n) is 1.62. The van der Waals surface area contributed by atoms with E-state index in [1.54, 1.807) is 0 Å². The van der Waals surface area contributed by atoms with Crippen molar-refractivity contribution >= 4 is 45.6 Å². The van der Waals surface area contributed by atoms with Gasteiger partial charge in [-0.2, -0.15) is 0 Å². The highest BCUT2D eigenvalue weighted by molar-refractivity contribution is 7.89. The Kier molecular flexibility index (Phi) is 6.62. The highest BCUT2D eigenvalue weighted by Crippen LogP contribution is 2.24. The summed E-state index contributed by atoms with van der Waals surface area (Å²) in [4.78, 5) is 0.00187. The summed E-state index contributed by atoms with van der Waals surface area (Å²) in [5, 5.41) is 0.477. The molecule has 0 amide bonds.